The van der Waals surface area contributed by atoms with E-state index in [1.54, 1.807) is 0 Å². The van der Waals surface area contributed by atoms with Crippen molar-refractivity contribution in [3.8, 4) is 0 Å². The van der Waals surface area contributed by atoms with Gasteiger partial charge in [-0.25, -0.2) is 0 Å². The summed E-state index contributed by atoms with van der Waals surface area (Å²) in [6.45, 7) is 3.16. The first-order chi connectivity index (χ1) is 7.85. The maximum absolute atomic E-state index is 11.8. The van der Waals surface area contributed by atoms with Gasteiger partial charge in [0.05, 0.1) is 12.7 Å². The molecule has 0 heterocycles. The van der Waals surface area contributed by atoms with E-state index in [9.17, 15) is 19.5 Å². The molecule has 0 radical (unpaired) electrons. The summed E-state index contributed by atoms with van der Waals surface area (Å²) in [5.41, 5.74) is -2.22. The highest BCUT2D eigenvalue weighted by Crippen LogP contribution is 2.29. The number of hydrogen-bond acceptors (Lipinski definition) is 6. The van der Waals surface area contributed by atoms with Gasteiger partial charge in [0.1, 0.15) is 0 Å². The first-order valence-corrected chi connectivity index (χ1v) is 5.33. The van der Waals surface area contributed by atoms with E-state index in [2.05, 4.69) is 4.74 Å². The Hall–Kier alpha value is -1.27. The standard InChI is InChI=1S/C11H18O6/c1-4-17-10(16)11(7(2)13,8(3)14)9(15)5-6-12/h9,12,15H,4-6H2,1-3H3. The molecule has 0 aromatic heterocycles. The smallest absolute Gasteiger partial charge is 0.329 e. The summed E-state index contributed by atoms with van der Waals surface area (Å²) >= 11 is 0. The van der Waals surface area contributed by atoms with E-state index in [-0.39, 0.29) is 13.0 Å². The van der Waals surface area contributed by atoms with Gasteiger partial charge in [-0.2, -0.15) is 0 Å². The number of Topliss-reactive ketones (excluding diaryl/α,β-unsaturated/α-hetero) is 2. The molecule has 0 aliphatic carbocycles. The lowest BCUT2D eigenvalue weighted by Crippen LogP contribution is -2.54. The monoisotopic (exact) mass is 246 g/mol. The normalized spacial score (nSPS) is 13.0. The highest BCUT2D eigenvalue weighted by atomic mass is 16.5. The fourth-order valence-corrected chi connectivity index (χ4v) is 1.72. The molecule has 1 unspecified atom stereocenters. The molecule has 2 N–H and O–H groups in total. The van der Waals surface area contributed by atoms with E-state index in [0.717, 1.165) is 13.8 Å². The largest absolute Gasteiger partial charge is 0.465 e. The predicted molar refractivity (Wildman–Crippen MR) is 58.1 cm³/mol. The summed E-state index contributed by atoms with van der Waals surface area (Å²) in [4.78, 5) is 34.9. The highest BCUT2D eigenvalue weighted by Gasteiger charge is 2.55. The number of ether oxygens (including phenoxy) is 1. The van der Waals surface area contributed by atoms with Crippen LogP contribution in [-0.4, -0.2) is 47.1 Å². The zero-order valence-electron chi connectivity index (χ0n) is 10.2. The molecule has 0 rings (SSSR count). The van der Waals surface area contributed by atoms with Crippen LogP contribution in [0.25, 0.3) is 0 Å². The van der Waals surface area contributed by atoms with Crippen molar-refractivity contribution in [1.82, 2.24) is 0 Å². The Labute approximate surface area is 99.6 Å². The van der Waals surface area contributed by atoms with Gasteiger partial charge >= 0.3 is 5.97 Å². The molecule has 6 heteroatoms. The fourth-order valence-electron chi connectivity index (χ4n) is 1.72. The molecule has 0 aliphatic rings. The SMILES string of the molecule is CCOC(=O)C(C(C)=O)(C(C)=O)C(O)CCO. The van der Waals surface area contributed by atoms with Crippen molar-refractivity contribution >= 4 is 17.5 Å². The second kappa shape index (κ2) is 6.46. The number of carbonyl (C=O) groups excluding carboxylic acids is 3. The minimum Gasteiger partial charge on any atom is -0.465 e. The summed E-state index contributed by atoms with van der Waals surface area (Å²) in [6.07, 6.45) is -1.83. The number of ketones is 2. The molecular weight excluding hydrogens is 228 g/mol. The van der Waals surface area contributed by atoms with Gasteiger partial charge in [0.2, 0.25) is 5.41 Å². The third-order valence-electron chi connectivity index (χ3n) is 2.61. The van der Waals surface area contributed by atoms with Crippen molar-refractivity contribution < 1.29 is 29.3 Å². The predicted octanol–water partition coefficient (Wildman–Crippen LogP) is -0.543. The Kier molecular flexibility index (Phi) is 5.98. The van der Waals surface area contributed by atoms with Crippen LogP contribution in [-0.2, 0) is 19.1 Å². The molecular formula is C11H18O6. The maximum Gasteiger partial charge on any atom is 0.329 e. The van der Waals surface area contributed by atoms with E-state index < -0.39 is 35.7 Å². The topological polar surface area (TPSA) is 101 Å². The van der Waals surface area contributed by atoms with Crippen molar-refractivity contribution in [2.24, 2.45) is 5.41 Å². The molecule has 98 valence electrons. The maximum atomic E-state index is 11.8. The molecule has 6 nitrogen and oxygen atoms in total. The van der Waals surface area contributed by atoms with Gasteiger partial charge in [0.25, 0.3) is 0 Å². The van der Waals surface area contributed by atoms with Crippen LogP contribution < -0.4 is 0 Å². The van der Waals surface area contributed by atoms with Crippen LogP contribution in [0.15, 0.2) is 0 Å². The lowest BCUT2D eigenvalue weighted by molar-refractivity contribution is -0.171. The Morgan fingerprint density at radius 1 is 1.24 bits per heavy atom. The van der Waals surface area contributed by atoms with E-state index in [4.69, 9.17) is 5.11 Å². The van der Waals surface area contributed by atoms with Crippen molar-refractivity contribution in [1.29, 1.82) is 0 Å². The minimum absolute atomic E-state index is 0.00696. The van der Waals surface area contributed by atoms with E-state index in [0.29, 0.717) is 0 Å². The molecule has 0 fully saturated rings. The number of aliphatic hydroxyl groups is 2. The lowest BCUT2D eigenvalue weighted by Gasteiger charge is -2.30. The second-order valence-electron chi connectivity index (χ2n) is 3.67. The van der Waals surface area contributed by atoms with Crippen molar-refractivity contribution in [3.05, 3.63) is 0 Å². The molecule has 1 atom stereocenters. The zero-order chi connectivity index (χ0) is 13.6. The molecule has 0 saturated heterocycles. The average Bonchev–Trinajstić information content (AvgIpc) is 2.17. The summed E-state index contributed by atoms with van der Waals surface area (Å²) < 4.78 is 4.68. The summed E-state index contributed by atoms with van der Waals surface area (Å²) in [5.74, 6) is -2.64. The van der Waals surface area contributed by atoms with Gasteiger partial charge in [-0.3, -0.25) is 14.4 Å². The van der Waals surface area contributed by atoms with E-state index in [1.807, 2.05) is 0 Å². The first kappa shape index (κ1) is 15.7. The Balaban J connectivity index is 5.51. The average molecular weight is 246 g/mol. The second-order valence-corrected chi connectivity index (χ2v) is 3.67. The van der Waals surface area contributed by atoms with Crippen LogP contribution >= 0.6 is 0 Å². The minimum atomic E-state index is -2.22. The molecule has 0 bridgehead atoms. The van der Waals surface area contributed by atoms with Gasteiger partial charge < -0.3 is 14.9 Å². The van der Waals surface area contributed by atoms with E-state index >= 15 is 0 Å². The van der Waals surface area contributed by atoms with Gasteiger partial charge in [-0.1, -0.05) is 0 Å². The number of esters is 1. The van der Waals surface area contributed by atoms with E-state index in [1.165, 1.54) is 6.92 Å². The van der Waals surface area contributed by atoms with Crippen molar-refractivity contribution in [3.63, 3.8) is 0 Å². The molecule has 0 saturated carbocycles. The third kappa shape index (κ3) is 2.89. The number of rotatable bonds is 7. The molecule has 0 aromatic carbocycles. The van der Waals surface area contributed by atoms with Crippen LogP contribution in [0.2, 0.25) is 0 Å². The van der Waals surface area contributed by atoms with Crippen molar-refractivity contribution in [2.45, 2.75) is 33.3 Å². The van der Waals surface area contributed by atoms with Gasteiger partial charge in [0, 0.05) is 6.61 Å². The first-order valence-electron chi connectivity index (χ1n) is 5.33. The van der Waals surface area contributed by atoms with Crippen LogP contribution in [0.5, 0.6) is 0 Å². The quantitative estimate of drug-likeness (QED) is 0.462. The summed E-state index contributed by atoms with van der Waals surface area (Å²) in [7, 11) is 0. The van der Waals surface area contributed by atoms with Gasteiger partial charge in [-0.15, -0.1) is 0 Å². The highest BCUT2D eigenvalue weighted by molar-refractivity contribution is 6.21. The summed E-state index contributed by atoms with van der Waals surface area (Å²) in [6, 6.07) is 0. The van der Waals surface area contributed by atoms with Crippen LogP contribution in [0.3, 0.4) is 0 Å². The number of hydrogen-bond donors (Lipinski definition) is 2. The molecule has 0 aliphatic heterocycles. The molecule has 0 spiro atoms. The Bertz CT molecular complexity index is 295. The molecule has 17 heavy (non-hydrogen) atoms. The third-order valence-corrected chi connectivity index (χ3v) is 2.61. The van der Waals surface area contributed by atoms with Gasteiger partial charge in [-0.05, 0) is 27.2 Å². The van der Waals surface area contributed by atoms with Crippen LogP contribution in [0.1, 0.15) is 27.2 Å². The number of aliphatic hydroxyl groups excluding tert-OH is 2. The van der Waals surface area contributed by atoms with Crippen LogP contribution in [0, 0.1) is 5.41 Å². The Morgan fingerprint density at radius 2 is 1.71 bits per heavy atom. The van der Waals surface area contributed by atoms with Crippen molar-refractivity contribution in [2.75, 3.05) is 13.2 Å². The zero-order valence-corrected chi connectivity index (χ0v) is 10.2. The lowest BCUT2D eigenvalue weighted by atomic mass is 9.74. The van der Waals surface area contributed by atoms with Crippen LogP contribution in [0.4, 0.5) is 0 Å². The summed E-state index contributed by atoms with van der Waals surface area (Å²) in [5, 5.41) is 18.5. The number of carbonyl (C=O) groups is 3. The molecule has 0 amide bonds. The van der Waals surface area contributed by atoms with Gasteiger partial charge in [0.15, 0.2) is 11.6 Å². The Morgan fingerprint density at radius 3 is 2.00 bits per heavy atom. The fraction of sp³-hybridized carbons (Fsp3) is 0.727. The molecule has 0 aromatic rings.